The first-order chi connectivity index (χ1) is 9.58. The highest BCUT2D eigenvalue weighted by atomic mass is 16.2. The number of hydrogen-bond donors (Lipinski definition) is 2. The number of nitrogens with zero attached hydrogens (tertiary/aromatic N) is 3. The second kappa shape index (κ2) is 6.13. The summed E-state index contributed by atoms with van der Waals surface area (Å²) in [4.78, 5) is 29.9. The summed E-state index contributed by atoms with van der Waals surface area (Å²) in [6, 6.07) is -0.619. The molecule has 2 amide bonds. The number of aromatic amines is 1. The van der Waals surface area contributed by atoms with Crippen molar-refractivity contribution in [1.82, 2.24) is 25.4 Å². The summed E-state index contributed by atoms with van der Waals surface area (Å²) in [6.45, 7) is 5.87. The molecule has 0 aromatic carbocycles. The van der Waals surface area contributed by atoms with E-state index in [-0.39, 0.29) is 30.3 Å². The summed E-state index contributed by atoms with van der Waals surface area (Å²) in [5.41, 5.74) is 0. The average molecular weight is 279 g/mol. The largest absolute Gasteiger partial charge is 0.296 e. The van der Waals surface area contributed by atoms with E-state index in [1.807, 2.05) is 20.8 Å². The smallest absolute Gasteiger partial charge is 0.247 e. The van der Waals surface area contributed by atoms with Gasteiger partial charge in [0.1, 0.15) is 12.2 Å². The van der Waals surface area contributed by atoms with E-state index in [4.69, 9.17) is 0 Å². The van der Waals surface area contributed by atoms with Crippen LogP contribution in [0.5, 0.6) is 0 Å². The molecule has 0 radical (unpaired) electrons. The van der Waals surface area contributed by atoms with Crippen molar-refractivity contribution in [1.29, 1.82) is 0 Å². The van der Waals surface area contributed by atoms with Crippen LogP contribution in [0.25, 0.3) is 0 Å². The molecule has 7 nitrogen and oxygen atoms in total. The van der Waals surface area contributed by atoms with E-state index in [0.29, 0.717) is 5.82 Å². The lowest BCUT2D eigenvalue weighted by Gasteiger charge is -2.24. The van der Waals surface area contributed by atoms with Gasteiger partial charge in [0.2, 0.25) is 11.8 Å². The molecular weight excluding hydrogens is 258 g/mol. The summed E-state index contributed by atoms with van der Waals surface area (Å²) >= 11 is 0. The minimum absolute atomic E-state index is 0.00221. The number of likely N-dealkylation sites (tertiary alicyclic amines) is 1. The van der Waals surface area contributed by atoms with Gasteiger partial charge in [-0.3, -0.25) is 24.9 Å². The van der Waals surface area contributed by atoms with Crippen LogP contribution in [0.15, 0.2) is 6.33 Å². The summed E-state index contributed by atoms with van der Waals surface area (Å²) in [5.74, 6) is 0.437. The molecule has 20 heavy (non-hydrogen) atoms. The number of imide groups is 1. The Bertz CT molecular complexity index is 469. The first-order valence-corrected chi connectivity index (χ1v) is 7.05. The van der Waals surface area contributed by atoms with E-state index in [2.05, 4.69) is 20.5 Å². The van der Waals surface area contributed by atoms with E-state index in [9.17, 15) is 9.59 Å². The van der Waals surface area contributed by atoms with Gasteiger partial charge in [0.05, 0.1) is 18.5 Å². The molecule has 0 saturated carbocycles. The second-order valence-corrected chi connectivity index (χ2v) is 5.09. The molecule has 0 aliphatic carbocycles. The summed E-state index contributed by atoms with van der Waals surface area (Å²) < 4.78 is 0. The van der Waals surface area contributed by atoms with Crippen LogP contribution >= 0.6 is 0 Å². The van der Waals surface area contributed by atoms with Gasteiger partial charge in [0, 0.05) is 6.04 Å². The third kappa shape index (κ3) is 2.72. The number of H-pyrrole nitrogens is 1. The van der Waals surface area contributed by atoms with Crippen molar-refractivity contribution in [2.24, 2.45) is 0 Å². The Hall–Kier alpha value is -1.76. The molecule has 1 fully saturated rings. The van der Waals surface area contributed by atoms with Crippen molar-refractivity contribution in [3.8, 4) is 0 Å². The fourth-order valence-corrected chi connectivity index (χ4v) is 2.62. The van der Waals surface area contributed by atoms with Gasteiger partial charge < -0.3 is 0 Å². The minimum atomic E-state index is -0.469. The van der Waals surface area contributed by atoms with Gasteiger partial charge in [-0.25, -0.2) is 4.98 Å². The first kappa shape index (κ1) is 14.6. The molecule has 1 aromatic rings. The molecule has 1 aliphatic heterocycles. The number of aromatic nitrogens is 3. The molecule has 2 atom stereocenters. The van der Waals surface area contributed by atoms with Crippen molar-refractivity contribution in [2.75, 3.05) is 0 Å². The van der Waals surface area contributed by atoms with Gasteiger partial charge in [-0.1, -0.05) is 13.8 Å². The maximum atomic E-state index is 12.4. The summed E-state index contributed by atoms with van der Waals surface area (Å²) in [5, 5.41) is 9.69. The number of amides is 2. The Morgan fingerprint density at radius 2 is 2.15 bits per heavy atom. The fourth-order valence-electron chi connectivity index (χ4n) is 2.62. The lowest BCUT2D eigenvalue weighted by molar-refractivity contribution is -0.141. The second-order valence-electron chi connectivity index (χ2n) is 5.09. The molecule has 1 saturated heterocycles. The molecule has 0 bridgehead atoms. The van der Waals surface area contributed by atoms with Crippen LogP contribution in [0, 0.1) is 0 Å². The van der Waals surface area contributed by atoms with Gasteiger partial charge >= 0.3 is 0 Å². The van der Waals surface area contributed by atoms with Crippen LogP contribution in [0.3, 0.4) is 0 Å². The van der Waals surface area contributed by atoms with E-state index >= 15 is 0 Å². The van der Waals surface area contributed by atoms with Crippen molar-refractivity contribution >= 4 is 11.8 Å². The summed E-state index contributed by atoms with van der Waals surface area (Å²) in [7, 11) is 0. The normalized spacial score (nSPS) is 21.0. The zero-order valence-electron chi connectivity index (χ0n) is 12.1. The quantitative estimate of drug-likeness (QED) is 0.751. The molecule has 110 valence electrons. The molecule has 2 N–H and O–H groups in total. The van der Waals surface area contributed by atoms with E-state index in [1.54, 1.807) is 0 Å². The van der Waals surface area contributed by atoms with Crippen LogP contribution in [-0.4, -0.2) is 44.0 Å². The number of hydrogen-bond acceptors (Lipinski definition) is 5. The first-order valence-electron chi connectivity index (χ1n) is 7.05. The Balaban J connectivity index is 2.04. The predicted molar refractivity (Wildman–Crippen MR) is 72.6 cm³/mol. The van der Waals surface area contributed by atoms with Crippen LogP contribution < -0.4 is 5.32 Å². The third-order valence-corrected chi connectivity index (χ3v) is 3.79. The van der Waals surface area contributed by atoms with Crippen molar-refractivity contribution < 1.29 is 9.59 Å². The Labute approximate surface area is 118 Å². The van der Waals surface area contributed by atoms with Crippen LogP contribution in [-0.2, 0) is 9.59 Å². The lowest BCUT2D eigenvalue weighted by atomic mass is 10.1. The fraction of sp³-hybridized carbons (Fsp3) is 0.692. The SMILES string of the molecule is CCC(CC)N1C(=O)CC(NC(C)c2ncn[nH]2)C1=O. The predicted octanol–water partition coefficient (Wildman–Crippen LogP) is 0.771. The standard InChI is InChI=1S/C13H21N5O2/c1-4-9(5-2)18-11(19)6-10(13(18)20)16-8(3)12-14-7-15-17-12/h7-10,16H,4-6H2,1-3H3,(H,14,15,17). The van der Waals surface area contributed by atoms with Crippen molar-refractivity contribution in [3.63, 3.8) is 0 Å². The monoisotopic (exact) mass is 279 g/mol. The number of nitrogens with one attached hydrogen (secondary N) is 2. The number of rotatable bonds is 6. The van der Waals surface area contributed by atoms with Crippen molar-refractivity contribution in [3.05, 3.63) is 12.2 Å². The molecule has 7 heteroatoms. The average Bonchev–Trinajstić information content (AvgIpc) is 3.04. The minimum Gasteiger partial charge on any atom is -0.296 e. The highest BCUT2D eigenvalue weighted by Gasteiger charge is 2.41. The summed E-state index contributed by atoms with van der Waals surface area (Å²) in [6.07, 6.45) is 3.22. The molecule has 2 rings (SSSR count). The van der Waals surface area contributed by atoms with Crippen LogP contribution in [0.1, 0.15) is 51.9 Å². The van der Waals surface area contributed by atoms with E-state index in [0.717, 1.165) is 12.8 Å². The maximum absolute atomic E-state index is 12.4. The van der Waals surface area contributed by atoms with Gasteiger partial charge in [-0.15, -0.1) is 0 Å². The van der Waals surface area contributed by atoms with Gasteiger partial charge in [-0.05, 0) is 19.8 Å². The molecule has 0 spiro atoms. The molecule has 2 unspecified atom stereocenters. The maximum Gasteiger partial charge on any atom is 0.247 e. The highest BCUT2D eigenvalue weighted by Crippen LogP contribution is 2.21. The van der Waals surface area contributed by atoms with Gasteiger partial charge in [0.15, 0.2) is 0 Å². The van der Waals surface area contributed by atoms with Crippen LogP contribution in [0.2, 0.25) is 0 Å². The van der Waals surface area contributed by atoms with Crippen LogP contribution in [0.4, 0.5) is 0 Å². The topological polar surface area (TPSA) is 91.0 Å². The van der Waals surface area contributed by atoms with Gasteiger partial charge in [-0.2, -0.15) is 5.10 Å². The van der Waals surface area contributed by atoms with E-state index < -0.39 is 6.04 Å². The number of carbonyl (C=O) groups excluding carboxylic acids is 2. The van der Waals surface area contributed by atoms with Gasteiger partial charge in [0.25, 0.3) is 0 Å². The Kier molecular flexibility index (Phi) is 4.49. The molecular formula is C13H21N5O2. The zero-order chi connectivity index (χ0) is 14.7. The number of carbonyl (C=O) groups is 2. The zero-order valence-corrected chi connectivity index (χ0v) is 12.1. The molecule has 1 aromatic heterocycles. The van der Waals surface area contributed by atoms with E-state index in [1.165, 1.54) is 11.2 Å². The molecule has 2 heterocycles. The van der Waals surface area contributed by atoms with Crippen molar-refractivity contribution in [2.45, 2.75) is 58.2 Å². The Morgan fingerprint density at radius 1 is 1.45 bits per heavy atom. The molecule has 1 aliphatic rings. The Morgan fingerprint density at radius 3 is 2.70 bits per heavy atom. The lowest BCUT2D eigenvalue weighted by Crippen LogP contribution is -2.44. The third-order valence-electron chi connectivity index (χ3n) is 3.79. The highest BCUT2D eigenvalue weighted by molar-refractivity contribution is 6.05.